The summed E-state index contributed by atoms with van der Waals surface area (Å²) in [7, 11) is 0. The lowest BCUT2D eigenvalue weighted by molar-refractivity contribution is -0.160. The molecule has 0 saturated heterocycles. The number of hydrogen-bond donors (Lipinski definition) is 1. The zero-order chi connectivity index (χ0) is 20.4. The number of para-hydroxylation sites is 1. The number of halogens is 4. The van der Waals surface area contributed by atoms with Gasteiger partial charge in [-0.1, -0.05) is 44.2 Å². The Morgan fingerprint density at radius 1 is 0.964 bits per heavy atom. The van der Waals surface area contributed by atoms with Gasteiger partial charge in [0.15, 0.2) is 0 Å². The van der Waals surface area contributed by atoms with Gasteiger partial charge in [0.2, 0.25) is 0 Å². The van der Waals surface area contributed by atoms with Crippen LogP contribution in [-0.2, 0) is 12.0 Å². The highest BCUT2D eigenvalue weighted by atomic mass is 19.4. The fraction of sp³-hybridized carbons (Fsp3) is 0.318. The first kappa shape index (κ1) is 20.3. The van der Waals surface area contributed by atoms with Crippen LogP contribution in [0.15, 0.2) is 60.8 Å². The summed E-state index contributed by atoms with van der Waals surface area (Å²) in [6, 6.07) is 13.0. The molecule has 0 aliphatic carbocycles. The molecule has 1 unspecified atom stereocenters. The smallest absolute Gasteiger partial charge is 0.302 e. The molecule has 6 heteroatoms. The summed E-state index contributed by atoms with van der Waals surface area (Å²) in [5, 5.41) is 3.51. The van der Waals surface area contributed by atoms with Crippen LogP contribution in [0.3, 0.4) is 0 Å². The molecule has 0 bridgehead atoms. The van der Waals surface area contributed by atoms with Crippen molar-refractivity contribution < 1.29 is 17.6 Å². The van der Waals surface area contributed by atoms with E-state index < -0.39 is 23.5 Å². The maximum absolute atomic E-state index is 13.7. The second-order valence-electron chi connectivity index (χ2n) is 7.56. The molecule has 1 N–H and O–H groups in total. The van der Waals surface area contributed by atoms with Gasteiger partial charge >= 0.3 is 6.18 Å². The predicted octanol–water partition coefficient (Wildman–Crippen LogP) is 5.76. The van der Waals surface area contributed by atoms with Crippen molar-refractivity contribution in [3.05, 3.63) is 77.7 Å². The van der Waals surface area contributed by atoms with Crippen LogP contribution in [0.25, 0.3) is 10.9 Å². The molecule has 2 aromatic carbocycles. The summed E-state index contributed by atoms with van der Waals surface area (Å²) < 4.78 is 54.3. The van der Waals surface area contributed by atoms with E-state index in [0.29, 0.717) is 5.56 Å². The summed E-state index contributed by atoms with van der Waals surface area (Å²) in [5.74, 6) is -0.408. The highest BCUT2D eigenvalue weighted by Crippen LogP contribution is 2.34. The lowest BCUT2D eigenvalue weighted by Gasteiger charge is -2.32. The Labute approximate surface area is 161 Å². The van der Waals surface area contributed by atoms with Crippen LogP contribution in [0.5, 0.6) is 0 Å². The fourth-order valence-corrected chi connectivity index (χ4v) is 3.38. The van der Waals surface area contributed by atoms with E-state index in [9.17, 15) is 17.6 Å². The van der Waals surface area contributed by atoms with Crippen molar-refractivity contribution in [2.45, 2.75) is 44.4 Å². The molecule has 0 aliphatic rings. The van der Waals surface area contributed by atoms with Gasteiger partial charge in [-0.05, 0) is 47.2 Å². The number of hydrogen-bond acceptors (Lipinski definition) is 2. The van der Waals surface area contributed by atoms with Crippen molar-refractivity contribution in [3.8, 4) is 0 Å². The molecule has 148 valence electrons. The number of nitrogens with one attached hydrogen (secondary N) is 1. The molecule has 3 rings (SSSR count). The van der Waals surface area contributed by atoms with Crippen LogP contribution in [0, 0.1) is 5.82 Å². The van der Waals surface area contributed by atoms with Crippen molar-refractivity contribution in [2.75, 3.05) is 0 Å². The second-order valence-corrected chi connectivity index (χ2v) is 7.56. The van der Waals surface area contributed by atoms with Gasteiger partial charge < -0.3 is 5.32 Å². The van der Waals surface area contributed by atoms with E-state index in [1.54, 1.807) is 38.2 Å². The molecule has 28 heavy (non-hydrogen) atoms. The Morgan fingerprint density at radius 2 is 1.64 bits per heavy atom. The molecule has 0 fully saturated rings. The molecular weight excluding hydrogens is 368 g/mol. The third-order valence-corrected chi connectivity index (χ3v) is 5.01. The van der Waals surface area contributed by atoms with Gasteiger partial charge in [-0.2, -0.15) is 13.2 Å². The summed E-state index contributed by atoms with van der Waals surface area (Å²) >= 11 is 0. The number of pyridine rings is 1. The summed E-state index contributed by atoms with van der Waals surface area (Å²) in [6.45, 7) is 3.55. The monoisotopic (exact) mass is 390 g/mol. The molecule has 0 saturated carbocycles. The summed E-state index contributed by atoms with van der Waals surface area (Å²) in [4.78, 5) is 4.24. The second kappa shape index (κ2) is 7.87. The number of rotatable bonds is 6. The third kappa shape index (κ3) is 4.68. The van der Waals surface area contributed by atoms with Crippen LogP contribution in [0.4, 0.5) is 17.6 Å². The maximum Gasteiger partial charge on any atom is 0.403 e. The average Bonchev–Trinajstić information content (AvgIpc) is 2.64. The highest BCUT2D eigenvalue weighted by molar-refractivity contribution is 5.81. The Hall–Kier alpha value is -2.47. The first-order chi connectivity index (χ1) is 13.2. The van der Waals surface area contributed by atoms with Crippen LogP contribution < -0.4 is 5.32 Å². The number of alkyl halides is 3. The van der Waals surface area contributed by atoms with E-state index in [1.165, 1.54) is 12.1 Å². The zero-order valence-electron chi connectivity index (χ0n) is 15.7. The summed E-state index contributed by atoms with van der Waals surface area (Å²) in [5.41, 5.74) is 1.40. The van der Waals surface area contributed by atoms with Gasteiger partial charge in [0.1, 0.15) is 11.9 Å². The van der Waals surface area contributed by atoms with E-state index in [0.717, 1.165) is 16.5 Å². The average molecular weight is 390 g/mol. The van der Waals surface area contributed by atoms with Gasteiger partial charge in [0.05, 0.1) is 5.52 Å². The van der Waals surface area contributed by atoms with Crippen molar-refractivity contribution >= 4 is 10.9 Å². The number of nitrogens with zero attached hydrogens (tertiary/aromatic N) is 1. The predicted molar refractivity (Wildman–Crippen MR) is 102 cm³/mol. The highest BCUT2D eigenvalue weighted by Gasteiger charge is 2.42. The Balaban J connectivity index is 1.80. The van der Waals surface area contributed by atoms with Crippen molar-refractivity contribution in [1.82, 2.24) is 10.3 Å². The van der Waals surface area contributed by atoms with Crippen LogP contribution >= 0.6 is 0 Å². The minimum absolute atomic E-state index is 0.0761. The third-order valence-electron chi connectivity index (χ3n) is 5.01. The van der Waals surface area contributed by atoms with Crippen molar-refractivity contribution in [1.29, 1.82) is 0 Å². The molecule has 0 radical (unpaired) electrons. The fourth-order valence-electron chi connectivity index (χ4n) is 3.38. The zero-order valence-corrected chi connectivity index (χ0v) is 15.7. The Bertz CT molecular complexity index is 928. The van der Waals surface area contributed by atoms with Crippen LogP contribution in [-0.4, -0.2) is 17.2 Å². The topological polar surface area (TPSA) is 24.9 Å². The van der Waals surface area contributed by atoms with E-state index in [-0.39, 0.29) is 13.0 Å². The van der Waals surface area contributed by atoms with E-state index >= 15 is 0 Å². The first-order valence-corrected chi connectivity index (χ1v) is 9.05. The van der Waals surface area contributed by atoms with E-state index in [1.807, 2.05) is 24.3 Å². The molecule has 1 atom stereocenters. The van der Waals surface area contributed by atoms with Gasteiger partial charge in [0.25, 0.3) is 0 Å². The standard InChI is InChI=1S/C22H22F4N2/c1-21(2,16-7-9-17(23)10-8-16)13-20(22(24,25)26)28-14-15-11-12-27-19-6-4-3-5-18(15)19/h3-12,20,28H,13-14H2,1-2H3. The Kier molecular flexibility index (Phi) is 5.70. The molecule has 2 nitrogen and oxygen atoms in total. The molecule has 1 aromatic heterocycles. The molecule has 1 heterocycles. The van der Waals surface area contributed by atoms with E-state index in [4.69, 9.17) is 0 Å². The van der Waals surface area contributed by atoms with Crippen LogP contribution in [0.1, 0.15) is 31.4 Å². The minimum Gasteiger partial charge on any atom is -0.302 e. The van der Waals surface area contributed by atoms with E-state index in [2.05, 4.69) is 10.3 Å². The first-order valence-electron chi connectivity index (χ1n) is 9.05. The normalized spacial score (nSPS) is 13.6. The van der Waals surface area contributed by atoms with Gasteiger partial charge in [-0.25, -0.2) is 4.39 Å². The molecule has 0 amide bonds. The molecule has 3 aromatic rings. The molecule has 0 spiro atoms. The Morgan fingerprint density at radius 3 is 2.32 bits per heavy atom. The van der Waals surface area contributed by atoms with Crippen LogP contribution in [0.2, 0.25) is 0 Å². The molecule has 0 aliphatic heterocycles. The minimum atomic E-state index is -4.40. The number of benzene rings is 2. The quantitative estimate of drug-likeness (QED) is 0.541. The maximum atomic E-state index is 13.7. The van der Waals surface area contributed by atoms with Crippen molar-refractivity contribution in [2.24, 2.45) is 0 Å². The van der Waals surface area contributed by atoms with Gasteiger partial charge in [0, 0.05) is 18.1 Å². The lowest BCUT2D eigenvalue weighted by atomic mass is 9.79. The number of aromatic nitrogens is 1. The molecular formula is C22H22F4N2. The SMILES string of the molecule is CC(C)(CC(NCc1ccnc2ccccc12)C(F)(F)F)c1ccc(F)cc1. The number of fused-ring (bicyclic) bond motifs is 1. The van der Waals surface area contributed by atoms with Crippen molar-refractivity contribution in [3.63, 3.8) is 0 Å². The lowest BCUT2D eigenvalue weighted by Crippen LogP contribution is -2.45. The summed E-state index contributed by atoms with van der Waals surface area (Å²) in [6.07, 6.45) is -2.96. The van der Waals surface area contributed by atoms with Gasteiger partial charge in [-0.15, -0.1) is 0 Å². The van der Waals surface area contributed by atoms with Gasteiger partial charge in [-0.3, -0.25) is 4.98 Å². The largest absolute Gasteiger partial charge is 0.403 e.